The van der Waals surface area contributed by atoms with Crippen molar-refractivity contribution < 1.29 is 4.74 Å². The van der Waals surface area contributed by atoms with Gasteiger partial charge in [-0.1, -0.05) is 17.7 Å². The first kappa shape index (κ1) is 10.6. The van der Waals surface area contributed by atoms with Crippen LogP contribution >= 0.6 is 0 Å². The van der Waals surface area contributed by atoms with Crippen LogP contribution in [0.5, 0.6) is 0 Å². The van der Waals surface area contributed by atoms with Gasteiger partial charge in [-0.25, -0.2) is 0 Å². The Morgan fingerprint density at radius 1 is 1.35 bits per heavy atom. The highest BCUT2D eigenvalue weighted by Gasteiger charge is 2.46. The maximum Gasteiger partial charge on any atom is 0.196 e. The molecule has 0 aromatic heterocycles. The van der Waals surface area contributed by atoms with Crippen LogP contribution in [0.25, 0.3) is 0 Å². The minimum Gasteiger partial charge on any atom is -0.379 e. The second kappa shape index (κ2) is 3.74. The minimum atomic E-state index is -0.0423. The SMILES string of the molecule is Cc1ccc(N2C(N)=NCC23CCOC3)cc1. The minimum absolute atomic E-state index is 0.0423. The predicted molar refractivity (Wildman–Crippen MR) is 68.3 cm³/mol. The van der Waals surface area contributed by atoms with Gasteiger partial charge in [0.15, 0.2) is 5.96 Å². The number of hydrogen-bond donors (Lipinski definition) is 1. The van der Waals surface area contributed by atoms with Gasteiger partial charge in [-0.2, -0.15) is 0 Å². The maximum absolute atomic E-state index is 6.02. The number of rotatable bonds is 1. The van der Waals surface area contributed by atoms with Crippen LogP contribution in [0.4, 0.5) is 5.69 Å². The van der Waals surface area contributed by atoms with Crippen molar-refractivity contribution in [2.75, 3.05) is 24.7 Å². The van der Waals surface area contributed by atoms with Crippen molar-refractivity contribution in [1.82, 2.24) is 0 Å². The Labute approximate surface area is 101 Å². The first-order valence-corrected chi connectivity index (χ1v) is 5.96. The third-order valence-electron chi connectivity index (χ3n) is 3.61. The fraction of sp³-hybridized carbons (Fsp3) is 0.462. The molecule has 1 unspecified atom stereocenters. The molecule has 4 heteroatoms. The van der Waals surface area contributed by atoms with E-state index in [9.17, 15) is 0 Å². The molecule has 0 radical (unpaired) electrons. The molecule has 2 aliphatic rings. The zero-order valence-electron chi connectivity index (χ0n) is 10.0. The number of aliphatic imine (C=N–C) groups is 1. The van der Waals surface area contributed by atoms with Crippen molar-refractivity contribution in [1.29, 1.82) is 0 Å². The zero-order chi connectivity index (χ0) is 11.9. The van der Waals surface area contributed by atoms with Crippen LogP contribution in [-0.2, 0) is 4.74 Å². The number of aryl methyl sites for hydroxylation is 1. The molecule has 17 heavy (non-hydrogen) atoms. The van der Waals surface area contributed by atoms with Gasteiger partial charge in [-0.3, -0.25) is 4.99 Å². The number of nitrogens with zero attached hydrogens (tertiary/aromatic N) is 2. The van der Waals surface area contributed by atoms with E-state index in [4.69, 9.17) is 10.5 Å². The average Bonchev–Trinajstić information content (AvgIpc) is 2.91. The molecular weight excluding hydrogens is 214 g/mol. The van der Waals surface area contributed by atoms with Crippen LogP contribution in [0, 0.1) is 6.92 Å². The summed E-state index contributed by atoms with van der Waals surface area (Å²) in [6.07, 6.45) is 0.991. The Kier molecular flexibility index (Phi) is 2.33. The van der Waals surface area contributed by atoms with E-state index in [1.807, 2.05) is 0 Å². The second-order valence-corrected chi connectivity index (χ2v) is 4.87. The highest BCUT2D eigenvalue weighted by molar-refractivity contribution is 5.98. The van der Waals surface area contributed by atoms with Crippen LogP contribution in [0.2, 0.25) is 0 Å². The van der Waals surface area contributed by atoms with E-state index in [0.29, 0.717) is 12.6 Å². The molecule has 1 saturated heterocycles. The van der Waals surface area contributed by atoms with Gasteiger partial charge in [0, 0.05) is 12.3 Å². The molecule has 0 bridgehead atoms. The van der Waals surface area contributed by atoms with Gasteiger partial charge in [0.25, 0.3) is 0 Å². The molecule has 3 rings (SSSR count). The third kappa shape index (κ3) is 1.60. The molecule has 2 heterocycles. The molecule has 4 nitrogen and oxygen atoms in total. The summed E-state index contributed by atoms with van der Waals surface area (Å²) >= 11 is 0. The van der Waals surface area contributed by atoms with Crippen molar-refractivity contribution in [3.63, 3.8) is 0 Å². The van der Waals surface area contributed by atoms with E-state index in [0.717, 1.165) is 25.3 Å². The van der Waals surface area contributed by atoms with Gasteiger partial charge in [0.1, 0.15) is 0 Å². The second-order valence-electron chi connectivity index (χ2n) is 4.87. The normalized spacial score (nSPS) is 27.8. The van der Waals surface area contributed by atoms with Gasteiger partial charge in [0.2, 0.25) is 0 Å². The van der Waals surface area contributed by atoms with Crippen LogP contribution in [0.15, 0.2) is 29.3 Å². The molecule has 1 atom stereocenters. The summed E-state index contributed by atoms with van der Waals surface area (Å²) in [5.74, 6) is 0.611. The number of hydrogen-bond acceptors (Lipinski definition) is 4. The van der Waals surface area contributed by atoms with Crippen LogP contribution in [0.3, 0.4) is 0 Å². The van der Waals surface area contributed by atoms with E-state index in [1.165, 1.54) is 5.56 Å². The largest absolute Gasteiger partial charge is 0.379 e. The first-order valence-electron chi connectivity index (χ1n) is 5.96. The van der Waals surface area contributed by atoms with E-state index in [-0.39, 0.29) is 5.54 Å². The lowest BCUT2D eigenvalue weighted by atomic mass is 9.97. The first-order chi connectivity index (χ1) is 8.21. The fourth-order valence-corrected chi connectivity index (χ4v) is 2.61. The lowest BCUT2D eigenvalue weighted by Crippen LogP contribution is -2.52. The number of ether oxygens (including phenoxy) is 1. The molecule has 90 valence electrons. The summed E-state index contributed by atoms with van der Waals surface area (Å²) in [4.78, 5) is 6.53. The lowest BCUT2D eigenvalue weighted by Gasteiger charge is -2.34. The topological polar surface area (TPSA) is 50.8 Å². The summed E-state index contributed by atoms with van der Waals surface area (Å²) in [6, 6.07) is 8.40. The fourth-order valence-electron chi connectivity index (χ4n) is 2.61. The molecule has 2 aliphatic heterocycles. The average molecular weight is 231 g/mol. The van der Waals surface area contributed by atoms with E-state index >= 15 is 0 Å². The molecular formula is C13H17N3O. The highest BCUT2D eigenvalue weighted by atomic mass is 16.5. The maximum atomic E-state index is 6.02. The molecule has 0 aliphatic carbocycles. The van der Waals surface area contributed by atoms with Crippen LogP contribution in [-0.4, -0.2) is 31.3 Å². The van der Waals surface area contributed by atoms with E-state index in [1.54, 1.807) is 0 Å². The molecule has 2 N–H and O–H groups in total. The Morgan fingerprint density at radius 3 is 2.76 bits per heavy atom. The van der Waals surface area contributed by atoms with E-state index in [2.05, 4.69) is 41.1 Å². The predicted octanol–water partition coefficient (Wildman–Crippen LogP) is 1.29. The summed E-state index contributed by atoms with van der Waals surface area (Å²) < 4.78 is 5.54. The van der Waals surface area contributed by atoms with Gasteiger partial charge in [0.05, 0.1) is 18.7 Å². The number of guanidine groups is 1. The Balaban J connectivity index is 1.98. The summed E-state index contributed by atoms with van der Waals surface area (Å²) in [7, 11) is 0. The molecule has 0 saturated carbocycles. The van der Waals surface area contributed by atoms with Crippen molar-refractivity contribution in [2.45, 2.75) is 18.9 Å². The number of nitrogens with two attached hydrogens (primary N) is 1. The van der Waals surface area contributed by atoms with Crippen molar-refractivity contribution in [3.05, 3.63) is 29.8 Å². The van der Waals surface area contributed by atoms with Crippen molar-refractivity contribution in [2.24, 2.45) is 10.7 Å². The van der Waals surface area contributed by atoms with Gasteiger partial charge >= 0.3 is 0 Å². The van der Waals surface area contributed by atoms with E-state index < -0.39 is 0 Å². The smallest absolute Gasteiger partial charge is 0.196 e. The molecule has 1 aromatic carbocycles. The van der Waals surface area contributed by atoms with Gasteiger partial charge in [-0.05, 0) is 25.5 Å². The number of anilines is 1. The monoisotopic (exact) mass is 231 g/mol. The quantitative estimate of drug-likeness (QED) is 0.792. The Morgan fingerprint density at radius 2 is 2.12 bits per heavy atom. The summed E-state index contributed by atoms with van der Waals surface area (Å²) in [5.41, 5.74) is 8.34. The Hall–Kier alpha value is -1.55. The molecule has 1 fully saturated rings. The van der Waals surface area contributed by atoms with Crippen molar-refractivity contribution >= 4 is 11.6 Å². The standard InChI is InChI=1S/C13H17N3O/c1-10-2-4-11(5-3-10)16-12(14)15-8-13(16)6-7-17-9-13/h2-5H,6-9H2,1H3,(H2,14,15). The summed E-state index contributed by atoms with van der Waals surface area (Å²) in [5, 5.41) is 0. The molecule has 0 amide bonds. The van der Waals surface area contributed by atoms with Gasteiger partial charge in [-0.15, -0.1) is 0 Å². The van der Waals surface area contributed by atoms with Crippen LogP contribution in [0.1, 0.15) is 12.0 Å². The van der Waals surface area contributed by atoms with Crippen LogP contribution < -0.4 is 10.6 Å². The van der Waals surface area contributed by atoms with Gasteiger partial charge < -0.3 is 15.4 Å². The lowest BCUT2D eigenvalue weighted by molar-refractivity contribution is 0.181. The van der Waals surface area contributed by atoms with Crippen molar-refractivity contribution in [3.8, 4) is 0 Å². The summed E-state index contributed by atoms with van der Waals surface area (Å²) in [6.45, 7) is 4.34. The highest BCUT2D eigenvalue weighted by Crippen LogP contribution is 2.34. The Bertz CT molecular complexity index is 446. The zero-order valence-corrected chi connectivity index (χ0v) is 10.0. The molecule has 1 aromatic rings. The number of benzene rings is 1. The third-order valence-corrected chi connectivity index (χ3v) is 3.61. The molecule has 1 spiro atoms.